The Morgan fingerprint density at radius 1 is 1.21 bits per heavy atom. The first-order valence-electron chi connectivity index (χ1n) is 5.81. The quantitative estimate of drug-likeness (QED) is 0.911. The molecule has 0 aliphatic carbocycles. The molecule has 0 bridgehead atoms. The van der Waals surface area contributed by atoms with Crippen LogP contribution in [0.3, 0.4) is 0 Å². The van der Waals surface area contributed by atoms with Crippen molar-refractivity contribution in [2.45, 2.75) is 24.6 Å². The second-order valence-electron chi connectivity index (χ2n) is 4.35. The first-order valence-corrected chi connectivity index (χ1v) is 8.11. The van der Waals surface area contributed by atoms with Crippen LogP contribution in [-0.2, 0) is 16.6 Å². The zero-order chi connectivity index (χ0) is 14.0. The molecule has 0 saturated carbocycles. The summed E-state index contributed by atoms with van der Waals surface area (Å²) in [4.78, 5) is 0.848. The Morgan fingerprint density at radius 2 is 1.95 bits per heavy atom. The predicted octanol–water partition coefficient (Wildman–Crippen LogP) is 2.62. The second-order valence-corrected chi connectivity index (χ2v) is 7.43. The van der Waals surface area contributed by atoms with E-state index in [1.54, 1.807) is 12.1 Å². The van der Waals surface area contributed by atoms with Gasteiger partial charge in [-0.05, 0) is 43.2 Å². The lowest BCUT2D eigenvalue weighted by Gasteiger charge is -2.10. The topological polar surface area (TPSA) is 72.2 Å². The number of thiophene rings is 1. The third-order valence-electron chi connectivity index (χ3n) is 2.74. The Balaban J connectivity index is 2.33. The highest BCUT2D eigenvalue weighted by atomic mass is 32.2. The number of benzene rings is 1. The summed E-state index contributed by atoms with van der Waals surface area (Å²) in [5, 5.41) is 0. The van der Waals surface area contributed by atoms with Gasteiger partial charge in [0.2, 0.25) is 0 Å². The van der Waals surface area contributed by atoms with Crippen LogP contribution in [0.15, 0.2) is 34.5 Å². The molecule has 0 saturated heterocycles. The smallest absolute Gasteiger partial charge is 0.271 e. The van der Waals surface area contributed by atoms with Gasteiger partial charge >= 0.3 is 0 Å². The summed E-state index contributed by atoms with van der Waals surface area (Å²) in [7, 11) is -3.53. The fraction of sp³-hybridized carbons (Fsp3) is 0.231. The van der Waals surface area contributed by atoms with E-state index in [-0.39, 0.29) is 4.21 Å². The van der Waals surface area contributed by atoms with Gasteiger partial charge < -0.3 is 5.73 Å². The molecule has 0 spiro atoms. The highest BCUT2D eigenvalue weighted by Crippen LogP contribution is 2.25. The van der Waals surface area contributed by atoms with Gasteiger partial charge in [0.1, 0.15) is 4.21 Å². The first-order chi connectivity index (χ1) is 8.92. The molecule has 0 unspecified atom stereocenters. The lowest BCUT2D eigenvalue weighted by molar-refractivity contribution is 0.603. The Kier molecular flexibility index (Phi) is 3.93. The number of anilines is 1. The highest BCUT2D eigenvalue weighted by Gasteiger charge is 2.17. The maximum absolute atomic E-state index is 12.3. The Labute approximate surface area is 117 Å². The summed E-state index contributed by atoms with van der Waals surface area (Å²) in [6.45, 7) is 4.15. The number of aryl methyl sites for hydroxylation is 2. The SMILES string of the molecule is Cc1ccc(C)c(NS(=O)(=O)c2ccc(CN)s2)c1. The molecular formula is C13H16N2O2S2. The van der Waals surface area contributed by atoms with Gasteiger partial charge in [-0.1, -0.05) is 12.1 Å². The van der Waals surface area contributed by atoms with Gasteiger partial charge in [-0.25, -0.2) is 8.42 Å². The molecule has 2 aromatic rings. The molecule has 6 heteroatoms. The number of sulfonamides is 1. The summed E-state index contributed by atoms with van der Waals surface area (Å²) in [5.41, 5.74) is 8.02. The molecule has 0 fully saturated rings. The third-order valence-corrected chi connectivity index (χ3v) is 5.71. The highest BCUT2D eigenvalue weighted by molar-refractivity contribution is 7.94. The van der Waals surface area contributed by atoms with Gasteiger partial charge in [0.25, 0.3) is 10.0 Å². The van der Waals surface area contributed by atoms with Gasteiger partial charge in [-0.3, -0.25) is 4.72 Å². The molecule has 3 N–H and O–H groups in total. The van der Waals surface area contributed by atoms with Crippen LogP contribution in [0.5, 0.6) is 0 Å². The van der Waals surface area contributed by atoms with Crippen LogP contribution < -0.4 is 10.5 Å². The van der Waals surface area contributed by atoms with E-state index in [9.17, 15) is 8.42 Å². The molecule has 2 rings (SSSR count). The summed E-state index contributed by atoms with van der Waals surface area (Å²) < 4.78 is 27.4. The van der Waals surface area contributed by atoms with Gasteiger partial charge in [0.15, 0.2) is 0 Å². The number of nitrogens with two attached hydrogens (primary N) is 1. The van der Waals surface area contributed by atoms with Gasteiger partial charge in [-0.15, -0.1) is 11.3 Å². The predicted molar refractivity (Wildman–Crippen MR) is 78.9 cm³/mol. The van der Waals surface area contributed by atoms with E-state index >= 15 is 0 Å². The molecule has 102 valence electrons. The Morgan fingerprint density at radius 3 is 2.58 bits per heavy atom. The molecule has 1 aromatic heterocycles. The first kappa shape index (κ1) is 14.0. The van der Waals surface area contributed by atoms with E-state index in [0.29, 0.717) is 12.2 Å². The lowest BCUT2D eigenvalue weighted by atomic mass is 10.1. The summed E-state index contributed by atoms with van der Waals surface area (Å²) in [6, 6.07) is 8.99. The van der Waals surface area contributed by atoms with Crippen LogP contribution in [0.4, 0.5) is 5.69 Å². The van der Waals surface area contributed by atoms with Crippen LogP contribution in [0.25, 0.3) is 0 Å². The van der Waals surface area contributed by atoms with Crippen molar-refractivity contribution in [1.82, 2.24) is 0 Å². The number of nitrogens with one attached hydrogen (secondary N) is 1. The van der Waals surface area contributed by atoms with Crippen LogP contribution in [0, 0.1) is 13.8 Å². The maximum atomic E-state index is 12.3. The second kappa shape index (κ2) is 5.32. The van der Waals surface area contributed by atoms with Crippen molar-refractivity contribution in [3.8, 4) is 0 Å². The van der Waals surface area contributed by atoms with E-state index < -0.39 is 10.0 Å². The lowest BCUT2D eigenvalue weighted by Crippen LogP contribution is -2.12. The van der Waals surface area contributed by atoms with Crippen molar-refractivity contribution in [3.63, 3.8) is 0 Å². The van der Waals surface area contributed by atoms with Gasteiger partial charge in [-0.2, -0.15) is 0 Å². The van der Waals surface area contributed by atoms with Crippen LogP contribution in [-0.4, -0.2) is 8.42 Å². The Hall–Kier alpha value is -1.37. The molecular weight excluding hydrogens is 280 g/mol. The summed E-state index contributed by atoms with van der Waals surface area (Å²) in [6.07, 6.45) is 0. The van der Waals surface area contributed by atoms with Crippen molar-refractivity contribution < 1.29 is 8.42 Å². The van der Waals surface area contributed by atoms with Crippen molar-refractivity contribution in [2.24, 2.45) is 5.73 Å². The molecule has 0 amide bonds. The minimum Gasteiger partial charge on any atom is -0.326 e. The normalized spacial score (nSPS) is 11.5. The minimum absolute atomic E-state index is 0.286. The maximum Gasteiger partial charge on any atom is 0.271 e. The van der Waals surface area contributed by atoms with Crippen molar-refractivity contribution in [1.29, 1.82) is 0 Å². The van der Waals surface area contributed by atoms with Crippen molar-refractivity contribution in [3.05, 3.63) is 46.3 Å². The molecule has 0 aliphatic heterocycles. The van der Waals surface area contributed by atoms with Crippen LogP contribution in [0.1, 0.15) is 16.0 Å². The molecule has 19 heavy (non-hydrogen) atoms. The molecule has 0 radical (unpaired) electrons. The molecule has 0 aliphatic rings. The average molecular weight is 296 g/mol. The van der Waals surface area contributed by atoms with E-state index in [1.807, 2.05) is 32.0 Å². The van der Waals surface area contributed by atoms with E-state index in [2.05, 4.69) is 4.72 Å². The van der Waals surface area contributed by atoms with Crippen molar-refractivity contribution in [2.75, 3.05) is 4.72 Å². The fourth-order valence-corrected chi connectivity index (χ4v) is 4.01. The van der Waals surface area contributed by atoms with Gasteiger partial charge in [0, 0.05) is 11.4 Å². The van der Waals surface area contributed by atoms with E-state index in [1.165, 1.54) is 11.3 Å². The molecule has 0 atom stereocenters. The van der Waals surface area contributed by atoms with E-state index in [0.717, 1.165) is 16.0 Å². The largest absolute Gasteiger partial charge is 0.326 e. The van der Waals surface area contributed by atoms with Crippen LogP contribution >= 0.6 is 11.3 Å². The summed E-state index contributed by atoms with van der Waals surface area (Å²) >= 11 is 1.19. The number of hydrogen-bond donors (Lipinski definition) is 2. The zero-order valence-corrected chi connectivity index (χ0v) is 12.4. The number of rotatable bonds is 4. The zero-order valence-electron chi connectivity index (χ0n) is 10.8. The average Bonchev–Trinajstić information content (AvgIpc) is 2.83. The Bertz CT molecular complexity index is 690. The van der Waals surface area contributed by atoms with E-state index in [4.69, 9.17) is 5.73 Å². The minimum atomic E-state index is -3.53. The molecule has 1 heterocycles. The molecule has 4 nitrogen and oxygen atoms in total. The standard InChI is InChI=1S/C13H16N2O2S2/c1-9-3-4-10(2)12(7-9)15-19(16,17)13-6-5-11(8-14)18-13/h3-7,15H,8,14H2,1-2H3. The van der Waals surface area contributed by atoms with Gasteiger partial charge in [0.05, 0.1) is 5.69 Å². The van der Waals surface area contributed by atoms with Crippen molar-refractivity contribution >= 4 is 27.0 Å². The van der Waals surface area contributed by atoms with Crippen LogP contribution in [0.2, 0.25) is 0 Å². The fourth-order valence-electron chi connectivity index (χ4n) is 1.65. The molecule has 1 aromatic carbocycles. The summed E-state index contributed by atoms with van der Waals surface area (Å²) in [5.74, 6) is 0. The monoisotopic (exact) mass is 296 g/mol. The third kappa shape index (κ3) is 3.15. The number of hydrogen-bond acceptors (Lipinski definition) is 4.